The van der Waals surface area contributed by atoms with Crippen molar-refractivity contribution in [2.24, 2.45) is 10.9 Å². The molecule has 2 heterocycles. The summed E-state index contributed by atoms with van der Waals surface area (Å²) in [6.45, 7) is 6.96. The van der Waals surface area contributed by atoms with Gasteiger partial charge in [-0.1, -0.05) is 30.3 Å². The van der Waals surface area contributed by atoms with E-state index in [0.29, 0.717) is 18.0 Å². The molecular formula is C23H38IN5O2. The van der Waals surface area contributed by atoms with E-state index in [2.05, 4.69) is 57.8 Å². The van der Waals surface area contributed by atoms with Crippen LogP contribution in [0.15, 0.2) is 35.3 Å². The second-order valence-corrected chi connectivity index (χ2v) is 8.73. The molecule has 0 spiro atoms. The van der Waals surface area contributed by atoms with Crippen molar-refractivity contribution < 1.29 is 9.53 Å². The van der Waals surface area contributed by atoms with Crippen LogP contribution in [0.4, 0.5) is 0 Å². The normalized spacial score (nSPS) is 24.4. The van der Waals surface area contributed by atoms with Crippen LogP contribution < -0.4 is 10.6 Å². The molecule has 3 atom stereocenters. The van der Waals surface area contributed by atoms with Gasteiger partial charge in [0.2, 0.25) is 5.91 Å². The van der Waals surface area contributed by atoms with Gasteiger partial charge in [0, 0.05) is 58.3 Å². The molecule has 0 bridgehead atoms. The number of likely N-dealkylation sites (tertiary alicyclic amines) is 1. The number of rotatable bonds is 7. The fourth-order valence-corrected chi connectivity index (χ4v) is 4.02. The van der Waals surface area contributed by atoms with Gasteiger partial charge in [0.05, 0.1) is 6.61 Å². The number of hydrogen-bond donors (Lipinski definition) is 2. The first-order chi connectivity index (χ1) is 14.5. The van der Waals surface area contributed by atoms with E-state index in [1.807, 2.05) is 0 Å². The fourth-order valence-electron chi connectivity index (χ4n) is 4.02. The Morgan fingerprint density at radius 2 is 2.03 bits per heavy atom. The Labute approximate surface area is 204 Å². The van der Waals surface area contributed by atoms with Crippen LogP contribution in [0, 0.1) is 5.92 Å². The smallest absolute Gasteiger partial charge is 0.243 e. The van der Waals surface area contributed by atoms with Crippen molar-refractivity contribution in [3.8, 4) is 0 Å². The van der Waals surface area contributed by atoms with E-state index in [1.54, 1.807) is 19.0 Å². The van der Waals surface area contributed by atoms with E-state index in [9.17, 15) is 4.79 Å². The van der Waals surface area contributed by atoms with Crippen molar-refractivity contribution in [2.45, 2.75) is 44.8 Å². The second-order valence-electron chi connectivity index (χ2n) is 8.73. The maximum absolute atomic E-state index is 12.0. The number of guanidine groups is 1. The number of amides is 1. The zero-order chi connectivity index (χ0) is 21.3. The molecule has 174 valence electrons. The first kappa shape index (κ1) is 25.9. The minimum atomic E-state index is 0. The standard InChI is InChI=1S/C23H37N5O2.HI/c1-18-13-21(9-11-28(18)16-19-7-5-4-6-8-19)26-23(25-15-22(29)27(2)3)24-14-20-10-12-30-17-20;/h4-8,18,20-21H,9-17H2,1-3H3,(H2,24,25,26);1H. The SMILES string of the molecule is CC1CC(NC(=NCC(=O)N(C)C)NCC2CCOC2)CCN1Cc1ccccc1.I. The number of carbonyl (C=O) groups excluding carboxylic acids is 1. The molecular weight excluding hydrogens is 505 g/mol. The number of piperidine rings is 1. The highest BCUT2D eigenvalue weighted by molar-refractivity contribution is 14.0. The summed E-state index contributed by atoms with van der Waals surface area (Å²) in [5.74, 6) is 1.25. The van der Waals surface area contributed by atoms with Crippen LogP contribution in [0.5, 0.6) is 0 Å². The van der Waals surface area contributed by atoms with Gasteiger partial charge in [0.1, 0.15) is 6.54 Å². The third-order valence-corrected chi connectivity index (χ3v) is 6.04. The molecule has 2 N–H and O–H groups in total. The predicted octanol–water partition coefficient (Wildman–Crippen LogP) is 2.32. The third-order valence-electron chi connectivity index (χ3n) is 6.04. The van der Waals surface area contributed by atoms with Gasteiger partial charge in [-0.05, 0) is 31.7 Å². The predicted molar refractivity (Wildman–Crippen MR) is 136 cm³/mol. The van der Waals surface area contributed by atoms with Gasteiger partial charge in [-0.3, -0.25) is 9.69 Å². The molecule has 0 radical (unpaired) electrons. The summed E-state index contributed by atoms with van der Waals surface area (Å²) in [7, 11) is 3.52. The minimum Gasteiger partial charge on any atom is -0.381 e. The first-order valence-electron chi connectivity index (χ1n) is 11.1. The molecule has 1 amide bonds. The van der Waals surface area contributed by atoms with E-state index < -0.39 is 0 Å². The Kier molecular flexibility index (Phi) is 11.0. The Morgan fingerprint density at radius 3 is 2.68 bits per heavy atom. The van der Waals surface area contributed by atoms with Crippen LogP contribution in [0.1, 0.15) is 31.7 Å². The monoisotopic (exact) mass is 543 g/mol. The lowest BCUT2D eigenvalue weighted by Crippen LogP contribution is -2.52. The van der Waals surface area contributed by atoms with Gasteiger partial charge in [-0.15, -0.1) is 24.0 Å². The van der Waals surface area contributed by atoms with Crippen molar-refractivity contribution in [1.29, 1.82) is 0 Å². The number of ether oxygens (including phenoxy) is 1. The number of aliphatic imine (C=N–C) groups is 1. The number of halogens is 1. The van der Waals surface area contributed by atoms with Crippen LogP contribution in [0.25, 0.3) is 0 Å². The zero-order valence-electron chi connectivity index (χ0n) is 19.0. The molecule has 3 rings (SSSR count). The summed E-state index contributed by atoms with van der Waals surface area (Å²) in [4.78, 5) is 20.7. The van der Waals surface area contributed by atoms with Crippen LogP contribution in [-0.2, 0) is 16.1 Å². The number of nitrogens with zero attached hydrogens (tertiary/aromatic N) is 3. The molecule has 2 aliphatic heterocycles. The molecule has 3 unspecified atom stereocenters. The van der Waals surface area contributed by atoms with Crippen molar-refractivity contribution in [2.75, 3.05) is 46.9 Å². The highest BCUT2D eigenvalue weighted by Crippen LogP contribution is 2.20. The largest absolute Gasteiger partial charge is 0.381 e. The molecule has 2 fully saturated rings. The van der Waals surface area contributed by atoms with Crippen LogP contribution in [-0.4, -0.2) is 80.7 Å². The number of carbonyl (C=O) groups is 1. The van der Waals surface area contributed by atoms with Gasteiger partial charge in [0.25, 0.3) is 0 Å². The van der Waals surface area contributed by atoms with Crippen LogP contribution >= 0.6 is 24.0 Å². The average molecular weight is 543 g/mol. The number of likely N-dealkylation sites (N-methyl/N-ethyl adjacent to an activating group) is 1. The zero-order valence-corrected chi connectivity index (χ0v) is 21.4. The van der Waals surface area contributed by atoms with E-state index in [0.717, 1.165) is 58.1 Å². The minimum absolute atomic E-state index is 0. The summed E-state index contributed by atoms with van der Waals surface area (Å²) in [5, 5.41) is 7.03. The van der Waals surface area contributed by atoms with Crippen molar-refractivity contribution >= 4 is 35.8 Å². The molecule has 0 aliphatic carbocycles. The Hall–Kier alpha value is -1.39. The topological polar surface area (TPSA) is 69.2 Å². The summed E-state index contributed by atoms with van der Waals surface area (Å²) in [6.07, 6.45) is 3.19. The number of hydrogen-bond acceptors (Lipinski definition) is 4. The molecule has 7 nitrogen and oxygen atoms in total. The maximum Gasteiger partial charge on any atom is 0.243 e. The second kappa shape index (κ2) is 13.2. The van der Waals surface area contributed by atoms with Gasteiger partial charge in [0.15, 0.2) is 5.96 Å². The average Bonchev–Trinajstić information content (AvgIpc) is 3.26. The summed E-state index contributed by atoms with van der Waals surface area (Å²) in [6, 6.07) is 11.5. The van der Waals surface area contributed by atoms with Crippen molar-refractivity contribution in [3.05, 3.63) is 35.9 Å². The van der Waals surface area contributed by atoms with E-state index in [1.165, 1.54) is 5.56 Å². The van der Waals surface area contributed by atoms with Crippen molar-refractivity contribution in [3.63, 3.8) is 0 Å². The Bertz CT molecular complexity index is 694. The van der Waals surface area contributed by atoms with Gasteiger partial charge in [-0.2, -0.15) is 0 Å². The summed E-state index contributed by atoms with van der Waals surface area (Å²) in [5.41, 5.74) is 1.36. The lowest BCUT2D eigenvalue weighted by Gasteiger charge is -2.38. The molecule has 2 aliphatic rings. The molecule has 1 aromatic carbocycles. The highest BCUT2D eigenvalue weighted by Gasteiger charge is 2.26. The van der Waals surface area contributed by atoms with Gasteiger partial charge < -0.3 is 20.3 Å². The Balaban J connectivity index is 0.00000341. The van der Waals surface area contributed by atoms with E-state index >= 15 is 0 Å². The van der Waals surface area contributed by atoms with Crippen LogP contribution in [0.3, 0.4) is 0 Å². The number of benzene rings is 1. The Morgan fingerprint density at radius 1 is 1.26 bits per heavy atom. The first-order valence-corrected chi connectivity index (χ1v) is 11.1. The lowest BCUT2D eigenvalue weighted by molar-refractivity contribution is -0.127. The summed E-state index contributed by atoms with van der Waals surface area (Å²) < 4.78 is 5.48. The molecule has 31 heavy (non-hydrogen) atoms. The van der Waals surface area contributed by atoms with E-state index in [4.69, 9.17) is 4.74 Å². The lowest BCUT2D eigenvalue weighted by atomic mass is 9.97. The highest BCUT2D eigenvalue weighted by atomic mass is 127. The quantitative estimate of drug-likeness (QED) is 0.314. The van der Waals surface area contributed by atoms with Crippen molar-refractivity contribution in [1.82, 2.24) is 20.4 Å². The molecule has 0 aromatic heterocycles. The summed E-state index contributed by atoms with van der Waals surface area (Å²) >= 11 is 0. The third kappa shape index (κ3) is 8.57. The molecule has 0 saturated carbocycles. The molecule has 8 heteroatoms. The maximum atomic E-state index is 12.0. The molecule has 2 saturated heterocycles. The van der Waals surface area contributed by atoms with E-state index in [-0.39, 0.29) is 36.4 Å². The van der Waals surface area contributed by atoms with Gasteiger partial charge in [-0.25, -0.2) is 4.99 Å². The number of nitrogens with one attached hydrogen (secondary N) is 2. The molecule has 1 aromatic rings. The van der Waals surface area contributed by atoms with Crippen LogP contribution in [0.2, 0.25) is 0 Å². The fraction of sp³-hybridized carbons (Fsp3) is 0.652. The van der Waals surface area contributed by atoms with Gasteiger partial charge >= 0.3 is 0 Å².